The van der Waals surface area contributed by atoms with E-state index < -0.39 is 0 Å². The molecule has 1 aromatic rings. The number of halogens is 1. The monoisotopic (exact) mass is 267 g/mol. The molecule has 0 unspecified atom stereocenters. The maximum absolute atomic E-state index is 3.59. The quantitative estimate of drug-likeness (QED) is 0.787. The summed E-state index contributed by atoms with van der Waals surface area (Å²) < 4.78 is 1.22. The standard InChI is InChI=1S/C13H18BrN/c1-9(2)11-7-15(8-11)12-5-4-10(3)13(14)6-12/h4-6,9,11H,7-8H2,1-3H3. The van der Waals surface area contributed by atoms with Crippen LogP contribution in [-0.2, 0) is 0 Å². The molecule has 0 bridgehead atoms. The van der Waals surface area contributed by atoms with Crippen LogP contribution in [-0.4, -0.2) is 13.1 Å². The minimum atomic E-state index is 0.815. The molecular formula is C13H18BrN. The molecule has 15 heavy (non-hydrogen) atoms. The summed E-state index contributed by atoms with van der Waals surface area (Å²) >= 11 is 3.59. The molecule has 0 saturated carbocycles. The van der Waals surface area contributed by atoms with Gasteiger partial charge in [0.15, 0.2) is 0 Å². The van der Waals surface area contributed by atoms with Gasteiger partial charge in [0.1, 0.15) is 0 Å². The molecule has 1 saturated heterocycles. The Labute approximate surface area is 101 Å². The SMILES string of the molecule is Cc1ccc(N2CC(C(C)C)C2)cc1Br. The van der Waals surface area contributed by atoms with Crippen molar-refractivity contribution in [3.05, 3.63) is 28.2 Å². The van der Waals surface area contributed by atoms with Crippen LogP contribution < -0.4 is 4.90 Å². The van der Waals surface area contributed by atoms with E-state index in [2.05, 4.69) is 59.8 Å². The Bertz CT molecular complexity index is 354. The van der Waals surface area contributed by atoms with Crippen molar-refractivity contribution in [3.8, 4) is 0 Å². The van der Waals surface area contributed by atoms with Crippen molar-refractivity contribution in [1.29, 1.82) is 0 Å². The molecule has 1 heterocycles. The third-order valence-corrected chi connectivity index (χ3v) is 4.23. The van der Waals surface area contributed by atoms with Crippen molar-refractivity contribution >= 4 is 21.6 Å². The average molecular weight is 268 g/mol. The summed E-state index contributed by atoms with van der Waals surface area (Å²) in [5, 5.41) is 0. The van der Waals surface area contributed by atoms with Crippen molar-refractivity contribution in [2.24, 2.45) is 11.8 Å². The van der Waals surface area contributed by atoms with Crippen LogP contribution >= 0.6 is 15.9 Å². The molecule has 0 aliphatic carbocycles. The maximum atomic E-state index is 3.59. The van der Waals surface area contributed by atoms with Gasteiger partial charge in [0, 0.05) is 23.2 Å². The van der Waals surface area contributed by atoms with Gasteiger partial charge < -0.3 is 4.90 Å². The first kappa shape index (κ1) is 11.0. The van der Waals surface area contributed by atoms with E-state index in [9.17, 15) is 0 Å². The number of hydrogen-bond acceptors (Lipinski definition) is 1. The molecule has 0 N–H and O–H groups in total. The summed E-state index contributed by atoms with van der Waals surface area (Å²) in [6, 6.07) is 6.63. The van der Waals surface area contributed by atoms with Crippen LogP contribution in [0.15, 0.2) is 22.7 Å². The summed E-state index contributed by atoms with van der Waals surface area (Å²) in [6.45, 7) is 9.18. The van der Waals surface area contributed by atoms with Gasteiger partial charge in [0.2, 0.25) is 0 Å². The predicted octanol–water partition coefficient (Wildman–Crippen LogP) is 3.85. The van der Waals surface area contributed by atoms with Crippen molar-refractivity contribution in [2.45, 2.75) is 20.8 Å². The zero-order valence-electron chi connectivity index (χ0n) is 9.63. The molecule has 1 fully saturated rings. The van der Waals surface area contributed by atoms with Gasteiger partial charge >= 0.3 is 0 Å². The van der Waals surface area contributed by atoms with Gasteiger partial charge in [0.05, 0.1) is 0 Å². The molecule has 1 aromatic carbocycles. The van der Waals surface area contributed by atoms with E-state index in [0.717, 1.165) is 11.8 Å². The summed E-state index contributed by atoms with van der Waals surface area (Å²) in [4.78, 5) is 2.45. The lowest BCUT2D eigenvalue weighted by molar-refractivity contribution is 0.310. The lowest BCUT2D eigenvalue weighted by Crippen LogP contribution is -2.49. The Hall–Kier alpha value is -0.500. The minimum absolute atomic E-state index is 0.815. The molecule has 0 aromatic heterocycles. The van der Waals surface area contributed by atoms with Gasteiger partial charge in [0.25, 0.3) is 0 Å². The number of benzene rings is 1. The molecule has 2 heteroatoms. The normalized spacial score (nSPS) is 17.0. The highest BCUT2D eigenvalue weighted by atomic mass is 79.9. The first-order valence-electron chi connectivity index (χ1n) is 5.59. The van der Waals surface area contributed by atoms with Gasteiger partial charge in [-0.1, -0.05) is 35.8 Å². The fourth-order valence-corrected chi connectivity index (χ4v) is 2.29. The topological polar surface area (TPSA) is 3.24 Å². The highest BCUT2D eigenvalue weighted by Crippen LogP contribution is 2.31. The molecule has 1 nitrogen and oxygen atoms in total. The molecule has 0 amide bonds. The highest BCUT2D eigenvalue weighted by molar-refractivity contribution is 9.10. The first-order chi connectivity index (χ1) is 7.08. The molecule has 2 rings (SSSR count). The van der Waals surface area contributed by atoms with Crippen LogP contribution in [0.3, 0.4) is 0 Å². The number of nitrogens with zero attached hydrogens (tertiary/aromatic N) is 1. The van der Waals surface area contributed by atoms with Gasteiger partial charge in [-0.05, 0) is 36.5 Å². The fraction of sp³-hybridized carbons (Fsp3) is 0.538. The van der Waals surface area contributed by atoms with Gasteiger partial charge in [-0.2, -0.15) is 0 Å². The van der Waals surface area contributed by atoms with Gasteiger partial charge in [-0.25, -0.2) is 0 Å². The lowest BCUT2D eigenvalue weighted by atomic mass is 9.88. The highest BCUT2D eigenvalue weighted by Gasteiger charge is 2.29. The number of aryl methyl sites for hydroxylation is 1. The van der Waals surface area contributed by atoms with E-state index in [-0.39, 0.29) is 0 Å². The molecule has 1 aliphatic heterocycles. The van der Waals surface area contributed by atoms with Gasteiger partial charge in [-0.15, -0.1) is 0 Å². The van der Waals surface area contributed by atoms with Crippen molar-refractivity contribution in [2.75, 3.05) is 18.0 Å². The third-order valence-electron chi connectivity index (χ3n) is 3.37. The lowest BCUT2D eigenvalue weighted by Gasteiger charge is -2.43. The fourth-order valence-electron chi connectivity index (χ4n) is 1.92. The van der Waals surface area contributed by atoms with Crippen LogP contribution in [0.25, 0.3) is 0 Å². The molecule has 1 aliphatic rings. The summed E-state index contributed by atoms with van der Waals surface area (Å²) in [5.41, 5.74) is 2.66. The Morgan fingerprint density at radius 3 is 2.53 bits per heavy atom. The summed E-state index contributed by atoms with van der Waals surface area (Å²) in [6.07, 6.45) is 0. The number of anilines is 1. The van der Waals surface area contributed by atoms with Crippen molar-refractivity contribution in [3.63, 3.8) is 0 Å². The molecular weight excluding hydrogens is 250 g/mol. The van der Waals surface area contributed by atoms with Crippen LogP contribution in [0.1, 0.15) is 19.4 Å². The van der Waals surface area contributed by atoms with Crippen molar-refractivity contribution < 1.29 is 0 Å². The van der Waals surface area contributed by atoms with E-state index in [1.165, 1.54) is 28.8 Å². The van der Waals surface area contributed by atoms with E-state index in [1.807, 2.05) is 0 Å². The second kappa shape index (κ2) is 4.17. The summed E-state index contributed by atoms with van der Waals surface area (Å²) in [5.74, 6) is 1.69. The Balaban J connectivity index is 2.04. The van der Waals surface area contributed by atoms with Crippen LogP contribution in [0, 0.1) is 18.8 Å². The molecule has 0 radical (unpaired) electrons. The van der Waals surface area contributed by atoms with E-state index >= 15 is 0 Å². The largest absolute Gasteiger partial charge is 0.371 e. The Morgan fingerprint density at radius 2 is 2.00 bits per heavy atom. The second-order valence-corrected chi connectivity index (χ2v) is 5.70. The Morgan fingerprint density at radius 1 is 1.33 bits per heavy atom. The zero-order chi connectivity index (χ0) is 11.0. The number of rotatable bonds is 2. The average Bonchev–Trinajstić information content (AvgIpc) is 2.08. The smallest absolute Gasteiger partial charge is 0.0377 e. The molecule has 0 atom stereocenters. The van der Waals surface area contributed by atoms with E-state index in [4.69, 9.17) is 0 Å². The van der Waals surface area contributed by atoms with Gasteiger partial charge in [-0.3, -0.25) is 0 Å². The van der Waals surface area contributed by atoms with Crippen LogP contribution in [0.4, 0.5) is 5.69 Å². The minimum Gasteiger partial charge on any atom is -0.371 e. The van der Waals surface area contributed by atoms with Crippen molar-refractivity contribution in [1.82, 2.24) is 0 Å². The maximum Gasteiger partial charge on any atom is 0.0377 e. The second-order valence-electron chi connectivity index (χ2n) is 4.84. The zero-order valence-corrected chi connectivity index (χ0v) is 11.2. The first-order valence-corrected chi connectivity index (χ1v) is 6.38. The number of hydrogen-bond donors (Lipinski definition) is 0. The molecule has 0 spiro atoms. The van der Waals surface area contributed by atoms with E-state index in [1.54, 1.807) is 0 Å². The van der Waals surface area contributed by atoms with Crippen LogP contribution in [0.2, 0.25) is 0 Å². The molecule has 82 valence electrons. The third kappa shape index (κ3) is 2.20. The van der Waals surface area contributed by atoms with Crippen LogP contribution in [0.5, 0.6) is 0 Å². The van der Waals surface area contributed by atoms with E-state index in [0.29, 0.717) is 0 Å². The summed E-state index contributed by atoms with van der Waals surface area (Å²) in [7, 11) is 0. The predicted molar refractivity (Wildman–Crippen MR) is 69.4 cm³/mol. The Kier molecular flexibility index (Phi) is 3.06.